The topological polar surface area (TPSA) is 75.3 Å². The lowest BCUT2D eigenvalue weighted by Crippen LogP contribution is -2.51. The predicted molar refractivity (Wildman–Crippen MR) is 120 cm³/mol. The van der Waals surface area contributed by atoms with Crippen LogP contribution < -0.4 is 0 Å². The molecule has 4 rings (SSSR count). The third kappa shape index (κ3) is 4.20. The van der Waals surface area contributed by atoms with Crippen LogP contribution in [0.25, 0.3) is 11.0 Å². The van der Waals surface area contributed by atoms with Crippen LogP contribution in [0.5, 0.6) is 0 Å². The number of nitrogens with one attached hydrogen (secondary N) is 1. The molecule has 1 aromatic heterocycles. The van der Waals surface area contributed by atoms with Crippen molar-refractivity contribution in [2.75, 3.05) is 19.7 Å². The van der Waals surface area contributed by atoms with Crippen LogP contribution in [0.2, 0.25) is 0 Å². The highest BCUT2D eigenvalue weighted by atomic mass is 16.5. The van der Waals surface area contributed by atoms with Gasteiger partial charge in [-0.3, -0.25) is 9.59 Å². The second kappa shape index (κ2) is 8.53. The molecule has 1 amide bonds. The third-order valence-corrected chi connectivity index (χ3v) is 6.21. The Balaban J connectivity index is 1.63. The van der Waals surface area contributed by atoms with E-state index in [1.165, 1.54) is 0 Å². The molecule has 0 saturated carbocycles. The molecule has 6 nitrogen and oxygen atoms in total. The number of ether oxygens (including phenoxy) is 1. The molecule has 3 aromatic rings. The van der Waals surface area contributed by atoms with Gasteiger partial charge in [0.2, 0.25) is 0 Å². The molecule has 1 N–H and O–H groups in total. The number of rotatable bonds is 5. The van der Waals surface area contributed by atoms with Crippen LogP contribution in [-0.4, -0.2) is 46.4 Å². The first-order valence-corrected chi connectivity index (χ1v) is 10.9. The Morgan fingerprint density at radius 2 is 2.00 bits per heavy atom. The van der Waals surface area contributed by atoms with Gasteiger partial charge in [-0.15, -0.1) is 0 Å². The smallest absolute Gasteiger partial charge is 0.314 e. The standard InChI is InChI=1S/C25H29N3O3/c1-4-31-24(30)25(15-20-9-6-5-8-17(20)2)12-7-13-28(16-25)23(29)19-10-11-21-22(14-19)27-18(3)26-21/h5-6,8-11,14H,4,7,12-13,15-16H2,1-3H3,(H,26,27)/t25-/m0/s1. The van der Waals surface area contributed by atoms with E-state index < -0.39 is 5.41 Å². The summed E-state index contributed by atoms with van der Waals surface area (Å²) in [5.41, 5.74) is 3.83. The van der Waals surface area contributed by atoms with Crippen LogP contribution in [0.1, 0.15) is 47.1 Å². The van der Waals surface area contributed by atoms with Crippen molar-refractivity contribution in [2.45, 2.75) is 40.0 Å². The molecule has 162 valence electrons. The molecule has 1 aliphatic heterocycles. The van der Waals surface area contributed by atoms with Crippen molar-refractivity contribution in [3.8, 4) is 0 Å². The molecule has 0 unspecified atom stereocenters. The minimum atomic E-state index is -0.731. The number of esters is 1. The summed E-state index contributed by atoms with van der Waals surface area (Å²) in [5.74, 6) is 0.542. The maximum Gasteiger partial charge on any atom is 0.314 e. The molecular formula is C25H29N3O3. The van der Waals surface area contributed by atoms with Gasteiger partial charge >= 0.3 is 5.97 Å². The second-order valence-corrected chi connectivity index (χ2v) is 8.49. The highest BCUT2D eigenvalue weighted by molar-refractivity contribution is 5.97. The molecule has 1 atom stereocenters. The van der Waals surface area contributed by atoms with Gasteiger partial charge in [0.15, 0.2) is 0 Å². The molecule has 1 fully saturated rings. The molecule has 6 heteroatoms. The molecule has 0 radical (unpaired) electrons. The van der Waals surface area contributed by atoms with E-state index in [9.17, 15) is 9.59 Å². The number of aromatic amines is 1. The number of benzene rings is 2. The van der Waals surface area contributed by atoms with Gasteiger partial charge in [-0.05, 0) is 69.4 Å². The molecule has 2 aromatic carbocycles. The summed E-state index contributed by atoms with van der Waals surface area (Å²) in [6.45, 7) is 7.10. The number of H-pyrrole nitrogens is 1. The van der Waals surface area contributed by atoms with Crippen LogP contribution in [-0.2, 0) is 16.0 Å². The van der Waals surface area contributed by atoms with E-state index in [2.05, 4.69) is 29.0 Å². The normalized spacial score (nSPS) is 18.9. The predicted octanol–water partition coefficient (Wildman–Crippen LogP) is 4.21. The lowest BCUT2D eigenvalue weighted by atomic mass is 9.74. The zero-order valence-electron chi connectivity index (χ0n) is 18.4. The molecule has 0 bridgehead atoms. The van der Waals surface area contributed by atoms with Gasteiger partial charge in [0.05, 0.1) is 23.1 Å². The zero-order chi connectivity index (χ0) is 22.0. The fraction of sp³-hybridized carbons (Fsp3) is 0.400. The van der Waals surface area contributed by atoms with Gasteiger partial charge in [-0.1, -0.05) is 24.3 Å². The fourth-order valence-corrected chi connectivity index (χ4v) is 4.60. The number of carbonyl (C=O) groups is 2. The van der Waals surface area contributed by atoms with Crippen molar-refractivity contribution in [1.82, 2.24) is 14.9 Å². The van der Waals surface area contributed by atoms with E-state index in [1.807, 2.05) is 49.1 Å². The number of imidazole rings is 1. The largest absolute Gasteiger partial charge is 0.466 e. The number of aromatic nitrogens is 2. The molecule has 31 heavy (non-hydrogen) atoms. The molecule has 0 spiro atoms. The van der Waals surface area contributed by atoms with E-state index >= 15 is 0 Å². The van der Waals surface area contributed by atoms with Crippen LogP contribution in [0.3, 0.4) is 0 Å². The molecule has 0 aliphatic carbocycles. The summed E-state index contributed by atoms with van der Waals surface area (Å²) < 4.78 is 5.50. The lowest BCUT2D eigenvalue weighted by Gasteiger charge is -2.41. The summed E-state index contributed by atoms with van der Waals surface area (Å²) in [5, 5.41) is 0. The molecule has 2 heterocycles. The minimum Gasteiger partial charge on any atom is -0.466 e. The van der Waals surface area contributed by atoms with Crippen LogP contribution >= 0.6 is 0 Å². The first kappa shape index (κ1) is 21.1. The Labute approximate surface area is 182 Å². The van der Waals surface area contributed by atoms with Crippen LogP contribution in [0.15, 0.2) is 42.5 Å². The van der Waals surface area contributed by atoms with Gasteiger partial charge < -0.3 is 14.6 Å². The number of nitrogens with zero attached hydrogens (tertiary/aromatic N) is 2. The number of hydrogen-bond donors (Lipinski definition) is 1. The Hall–Kier alpha value is -3.15. The summed E-state index contributed by atoms with van der Waals surface area (Å²) in [6, 6.07) is 13.6. The van der Waals surface area contributed by atoms with E-state index in [0.29, 0.717) is 38.1 Å². The number of likely N-dealkylation sites (tertiary alicyclic amines) is 1. The van der Waals surface area contributed by atoms with E-state index in [1.54, 1.807) is 0 Å². The van der Waals surface area contributed by atoms with Gasteiger partial charge in [0.1, 0.15) is 5.82 Å². The summed E-state index contributed by atoms with van der Waals surface area (Å²) in [4.78, 5) is 35.9. The Morgan fingerprint density at radius 1 is 1.19 bits per heavy atom. The Morgan fingerprint density at radius 3 is 2.77 bits per heavy atom. The quantitative estimate of drug-likeness (QED) is 0.629. The second-order valence-electron chi connectivity index (χ2n) is 8.49. The summed E-state index contributed by atoms with van der Waals surface area (Å²) in [6.07, 6.45) is 2.05. The summed E-state index contributed by atoms with van der Waals surface area (Å²) >= 11 is 0. The Bertz CT molecular complexity index is 1120. The van der Waals surface area contributed by atoms with E-state index in [-0.39, 0.29) is 11.9 Å². The SMILES string of the molecule is CCOC(=O)[C@]1(Cc2ccccc2C)CCCN(C(=O)c2ccc3nc(C)[nH]c3c2)C1. The monoisotopic (exact) mass is 419 g/mol. The summed E-state index contributed by atoms with van der Waals surface area (Å²) in [7, 11) is 0. The average molecular weight is 420 g/mol. The van der Waals surface area contributed by atoms with Gasteiger partial charge in [-0.25, -0.2) is 4.98 Å². The highest BCUT2D eigenvalue weighted by Crippen LogP contribution is 2.36. The number of aryl methyl sites for hydroxylation is 2. The number of carbonyl (C=O) groups excluding carboxylic acids is 2. The van der Waals surface area contributed by atoms with Crippen molar-refractivity contribution in [1.29, 1.82) is 0 Å². The van der Waals surface area contributed by atoms with Crippen molar-refractivity contribution in [3.05, 3.63) is 65.0 Å². The third-order valence-electron chi connectivity index (χ3n) is 6.21. The minimum absolute atomic E-state index is 0.0627. The molecule has 1 saturated heterocycles. The van der Waals surface area contributed by atoms with Gasteiger partial charge in [0.25, 0.3) is 5.91 Å². The zero-order valence-corrected chi connectivity index (χ0v) is 18.4. The maximum absolute atomic E-state index is 13.4. The van der Waals surface area contributed by atoms with Crippen molar-refractivity contribution < 1.29 is 14.3 Å². The van der Waals surface area contributed by atoms with Crippen LogP contribution in [0.4, 0.5) is 0 Å². The maximum atomic E-state index is 13.4. The number of fused-ring (bicyclic) bond motifs is 1. The molecular weight excluding hydrogens is 390 g/mol. The van der Waals surface area contributed by atoms with Gasteiger partial charge in [0, 0.05) is 18.7 Å². The number of amides is 1. The van der Waals surface area contributed by atoms with Crippen LogP contribution in [0, 0.1) is 19.3 Å². The van der Waals surface area contributed by atoms with Crippen molar-refractivity contribution in [2.24, 2.45) is 5.41 Å². The van der Waals surface area contributed by atoms with E-state index in [0.717, 1.165) is 34.4 Å². The van der Waals surface area contributed by atoms with E-state index in [4.69, 9.17) is 4.74 Å². The Kier molecular flexibility index (Phi) is 5.81. The fourth-order valence-electron chi connectivity index (χ4n) is 4.60. The number of piperidine rings is 1. The van der Waals surface area contributed by atoms with Gasteiger partial charge in [-0.2, -0.15) is 0 Å². The number of hydrogen-bond acceptors (Lipinski definition) is 4. The molecule has 1 aliphatic rings. The van der Waals surface area contributed by atoms with Crippen molar-refractivity contribution >= 4 is 22.9 Å². The van der Waals surface area contributed by atoms with Crippen molar-refractivity contribution in [3.63, 3.8) is 0 Å². The lowest BCUT2D eigenvalue weighted by molar-refractivity contribution is -0.158. The first-order chi connectivity index (χ1) is 14.9. The first-order valence-electron chi connectivity index (χ1n) is 10.9. The average Bonchev–Trinajstić information content (AvgIpc) is 3.14. The highest BCUT2D eigenvalue weighted by Gasteiger charge is 2.45.